The molecular weight excluding hydrogens is 263 g/mol. The fourth-order valence-corrected chi connectivity index (χ4v) is 2.51. The van der Waals surface area contributed by atoms with Crippen LogP contribution in [0.4, 0.5) is 16.2 Å². The second-order valence-corrected chi connectivity index (χ2v) is 4.95. The maximum absolute atomic E-state index is 11.8. The van der Waals surface area contributed by atoms with E-state index >= 15 is 0 Å². The number of hydrogen-bond donors (Lipinski definition) is 3. The zero-order chi connectivity index (χ0) is 13.2. The number of thiophene rings is 1. The largest absolute Gasteiger partial charge is 0.491 e. The Hall–Kier alpha value is -1.83. The first-order valence-corrected chi connectivity index (χ1v) is 6.69. The molecule has 0 bridgehead atoms. The first kappa shape index (κ1) is 12.2. The van der Waals surface area contributed by atoms with Crippen molar-refractivity contribution in [3.05, 3.63) is 40.6 Å². The fraction of sp³-hybridized carbons (Fsp3) is 0.0833. The molecular formula is C12H11BN2O3S. The summed E-state index contributed by atoms with van der Waals surface area (Å²) in [6.45, 7) is 0.401. The minimum Gasteiger partial charge on any atom is -0.423 e. The predicted molar refractivity (Wildman–Crippen MR) is 75.8 cm³/mol. The summed E-state index contributed by atoms with van der Waals surface area (Å²) in [7, 11) is -0.906. The van der Waals surface area contributed by atoms with E-state index in [0.717, 1.165) is 11.3 Å². The van der Waals surface area contributed by atoms with Crippen LogP contribution < -0.4 is 16.1 Å². The van der Waals surface area contributed by atoms with Gasteiger partial charge in [-0.1, -0.05) is 6.07 Å². The van der Waals surface area contributed by atoms with Gasteiger partial charge in [-0.05, 0) is 34.6 Å². The van der Waals surface area contributed by atoms with Crippen molar-refractivity contribution < 1.29 is 14.5 Å². The van der Waals surface area contributed by atoms with E-state index in [1.165, 1.54) is 11.3 Å². The van der Waals surface area contributed by atoms with Gasteiger partial charge in [0.15, 0.2) is 0 Å². The summed E-state index contributed by atoms with van der Waals surface area (Å²) < 4.78 is 5.10. The van der Waals surface area contributed by atoms with E-state index in [1.807, 2.05) is 22.9 Å². The minimum atomic E-state index is -0.906. The van der Waals surface area contributed by atoms with Gasteiger partial charge in [-0.25, -0.2) is 4.79 Å². The maximum Gasteiger partial charge on any atom is 0.491 e. The third-order valence-electron chi connectivity index (χ3n) is 2.85. The lowest BCUT2D eigenvalue weighted by Gasteiger charge is -2.07. The van der Waals surface area contributed by atoms with Crippen LogP contribution in [0.2, 0.25) is 0 Å². The Morgan fingerprint density at radius 1 is 1.32 bits per heavy atom. The van der Waals surface area contributed by atoms with Gasteiger partial charge < -0.3 is 20.3 Å². The summed E-state index contributed by atoms with van der Waals surface area (Å²) in [6.07, 6.45) is 0. The molecule has 19 heavy (non-hydrogen) atoms. The summed E-state index contributed by atoms with van der Waals surface area (Å²) in [5.41, 5.74) is 3.02. The average Bonchev–Trinajstić information content (AvgIpc) is 3.00. The molecule has 96 valence electrons. The quantitative estimate of drug-likeness (QED) is 0.728. The molecule has 3 N–H and O–H groups in total. The zero-order valence-electron chi connectivity index (χ0n) is 9.92. The van der Waals surface area contributed by atoms with Crippen LogP contribution in [0, 0.1) is 0 Å². The van der Waals surface area contributed by atoms with E-state index in [9.17, 15) is 9.82 Å². The number of urea groups is 1. The van der Waals surface area contributed by atoms with Crippen LogP contribution in [0.25, 0.3) is 0 Å². The molecule has 1 aromatic heterocycles. The summed E-state index contributed by atoms with van der Waals surface area (Å²) >= 11 is 1.51. The van der Waals surface area contributed by atoms with Gasteiger partial charge in [-0.3, -0.25) is 0 Å². The van der Waals surface area contributed by atoms with Gasteiger partial charge >= 0.3 is 13.1 Å². The van der Waals surface area contributed by atoms with Crippen molar-refractivity contribution in [3.8, 4) is 0 Å². The fourth-order valence-electron chi connectivity index (χ4n) is 1.92. The van der Waals surface area contributed by atoms with Gasteiger partial charge in [0.2, 0.25) is 0 Å². The molecule has 0 saturated carbocycles. The summed E-state index contributed by atoms with van der Waals surface area (Å²) in [5, 5.41) is 18.8. The number of amides is 2. The number of nitrogens with one attached hydrogen (secondary N) is 2. The number of benzene rings is 1. The van der Waals surface area contributed by atoms with Crippen molar-refractivity contribution in [3.63, 3.8) is 0 Å². The monoisotopic (exact) mass is 274 g/mol. The highest BCUT2D eigenvalue weighted by Gasteiger charge is 2.27. The van der Waals surface area contributed by atoms with Crippen LogP contribution in [-0.2, 0) is 11.3 Å². The van der Waals surface area contributed by atoms with Crippen molar-refractivity contribution in [2.24, 2.45) is 0 Å². The SMILES string of the molecule is O=C(Nc1ccsc1)Nc1ccc2c(c1)B(O)OC2. The molecule has 2 amide bonds. The molecule has 0 saturated heterocycles. The lowest BCUT2D eigenvalue weighted by Crippen LogP contribution is -2.29. The van der Waals surface area contributed by atoms with Crippen molar-refractivity contribution in [2.75, 3.05) is 10.6 Å². The molecule has 0 aliphatic carbocycles. The van der Waals surface area contributed by atoms with E-state index < -0.39 is 7.12 Å². The Morgan fingerprint density at radius 2 is 2.16 bits per heavy atom. The lowest BCUT2D eigenvalue weighted by molar-refractivity contribution is 0.262. The van der Waals surface area contributed by atoms with Crippen LogP contribution in [0.3, 0.4) is 0 Å². The van der Waals surface area contributed by atoms with Gasteiger partial charge in [0.1, 0.15) is 0 Å². The number of carbonyl (C=O) groups is 1. The van der Waals surface area contributed by atoms with Crippen molar-refractivity contribution in [2.45, 2.75) is 6.61 Å². The molecule has 0 radical (unpaired) electrons. The van der Waals surface area contributed by atoms with Gasteiger partial charge in [-0.2, -0.15) is 11.3 Å². The normalized spacial score (nSPS) is 13.2. The lowest BCUT2D eigenvalue weighted by atomic mass is 9.79. The maximum atomic E-state index is 11.8. The first-order chi connectivity index (χ1) is 9.22. The molecule has 1 aliphatic rings. The molecule has 0 fully saturated rings. The highest BCUT2D eigenvalue weighted by atomic mass is 32.1. The molecule has 1 aromatic carbocycles. The van der Waals surface area contributed by atoms with E-state index in [2.05, 4.69) is 10.6 Å². The van der Waals surface area contributed by atoms with Crippen LogP contribution >= 0.6 is 11.3 Å². The Kier molecular flexibility index (Phi) is 3.24. The minimum absolute atomic E-state index is 0.313. The van der Waals surface area contributed by atoms with Crippen LogP contribution in [-0.4, -0.2) is 18.2 Å². The molecule has 0 atom stereocenters. The first-order valence-electron chi connectivity index (χ1n) is 5.75. The number of carbonyl (C=O) groups excluding carboxylic acids is 1. The van der Waals surface area contributed by atoms with Crippen LogP contribution in [0.15, 0.2) is 35.0 Å². The van der Waals surface area contributed by atoms with Crippen LogP contribution in [0.1, 0.15) is 5.56 Å². The van der Waals surface area contributed by atoms with Gasteiger partial charge in [0.25, 0.3) is 0 Å². The second kappa shape index (κ2) is 5.04. The van der Waals surface area contributed by atoms with Gasteiger partial charge in [0, 0.05) is 11.1 Å². The zero-order valence-corrected chi connectivity index (χ0v) is 10.7. The average molecular weight is 274 g/mol. The standard InChI is InChI=1S/C12H11BN2O3S/c16-12(15-10-3-4-19-7-10)14-9-2-1-8-6-18-13(17)11(8)5-9/h1-5,7,17H,6H2,(H2,14,15,16). The predicted octanol–water partition coefficient (Wildman–Crippen LogP) is 1.61. The Labute approximate surface area is 114 Å². The molecule has 0 spiro atoms. The van der Waals surface area contributed by atoms with E-state index in [4.69, 9.17) is 4.65 Å². The van der Waals surface area contributed by atoms with Gasteiger partial charge in [-0.15, -0.1) is 0 Å². The summed E-state index contributed by atoms with van der Waals surface area (Å²) in [6, 6.07) is 6.86. The summed E-state index contributed by atoms with van der Waals surface area (Å²) in [5.74, 6) is 0. The summed E-state index contributed by atoms with van der Waals surface area (Å²) in [4.78, 5) is 11.8. The molecule has 2 aromatic rings. The third kappa shape index (κ3) is 2.63. The topological polar surface area (TPSA) is 70.6 Å². The van der Waals surface area contributed by atoms with E-state index in [1.54, 1.807) is 12.1 Å². The highest BCUT2D eigenvalue weighted by Crippen LogP contribution is 2.16. The number of rotatable bonds is 2. The molecule has 0 unspecified atom stereocenters. The smallest absolute Gasteiger partial charge is 0.423 e. The number of anilines is 2. The third-order valence-corrected chi connectivity index (χ3v) is 3.53. The Balaban J connectivity index is 1.70. The number of fused-ring (bicyclic) bond motifs is 1. The molecule has 2 heterocycles. The van der Waals surface area contributed by atoms with Gasteiger partial charge in [0.05, 0.1) is 12.3 Å². The number of hydrogen-bond acceptors (Lipinski definition) is 4. The van der Waals surface area contributed by atoms with E-state index in [-0.39, 0.29) is 6.03 Å². The van der Waals surface area contributed by atoms with Crippen LogP contribution in [0.5, 0.6) is 0 Å². The molecule has 1 aliphatic heterocycles. The second-order valence-electron chi connectivity index (χ2n) is 4.17. The molecule has 3 rings (SSSR count). The molecule has 5 nitrogen and oxygen atoms in total. The van der Waals surface area contributed by atoms with E-state index in [0.29, 0.717) is 17.8 Å². The van der Waals surface area contributed by atoms with Crippen molar-refractivity contribution in [1.82, 2.24) is 0 Å². The molecule has 7 heteroatoms. The Bertz CT molecular complexity index is 603. The highest BCUT2D eigenvalue weighted by molar-refractivity contribution is 7.08. The van der Waals surface area contributed by atoms with Crippen molar-refractivity contribution in [1.29, 1.82) is 0 Å². The van der Waals surface area contributed by atoms with Crippen molar-refractivity contribution >= 4 is 41.3 Å². The Morgan fingerprint density at radius 3 is 2.95 bits per heavy atom.